The minimum absolute atomic E-state index is 0.0942. The van der Waals surface area contributed by atoms with Gasteiger partial charge in [0, 0.05) is 38.3 Å². The SMILES string of the molecule is CN1C[C@@H]2CN(C(=O)C3CCCN3C(=O)c3ccc4c(c3)OCO4)C[C@@H]2C1. The van der Waals surface area contributed by atoms with Crippen LogP contribution in [0, 0.1) is 11.8 Å². The molecule has 0 radical (unpaired) electrons. The number of likely N-dealkylation sites (tertiary alicyclic amines) is 3. The van der Waals surface area contributed by atoms with Crippen LogP contribution in [0.5, 0.6) is 11.5 Å². The van der Waals surface area contributed by atoms with Crippen LogP contribution >= 0.6 is 0 Å². The predicted molar refractivity (Wildman–Crippen MR) is 97.7 cm³/mol. The number of hydrogen-bond acceptors (Lipinski definition) is 5. The van der Waals surface area contributed by atoms with E-state index >= 15 is 0 Å². The summed E-state index contributed by atoms with van der Waals surface area (Å²) in [5.41, 5.74) is 0.555. The van der Waals surface area contributed by atoms with Crippen LogP contribution in [0.25, 0.3) is 0 Å². The average molecular weight is 371 g/mol. The van der Waals surface area contributed by atoms with Gasteiger partial charge < -0.3 is 24.2 Å². The van der Waals surface area contributed by atoms with Gasteiger partial charge in [0.05, 0.1) is 0 Å². The smallest absolute Gasteiger partial charge is 0.254 e. The fraction of sp³-hybridized carbons (Fsp3) is 0.600. The number of carbonyl (C=O) groups is 2. The van der Waals surface area contributed by atoms with Crippen molar-refractivity contribution in [3.05, 3.63) is 23.8 Å². The van der Waals surface area contributed by atoms with E-state index in [-0.39, 0.29) is 24.6 Å². The number of amides is 2. The van der Waals surface area contributed by atoms with Crippen molar-refractivity contribution in [2.75, 3.05) is 46.6 Å². The molecule has 4 aliphatic heterocycles. The Morgan fingerprint density at radius 3 is 2.56 bits per heavy atom. The maximum Gasteiger partial charge on any atom is 0.254 e. The topological polar surface area (TPSA) is 62.3 Å². The third kappa shape index (κ3) is 2.84. The molecule has 0 saturated carbocycles. The third-order valence-corrected chi connectivity index (χ3v) is 6.40. The molecule has 0 N–H and O–H groups in total. The highest BCUT2D eigenvalue weighted by atomic mass is 16.7. The third-order valence-electron chi connectivity index (χ3n) is 6.40. The molecule has 0 spiro atoms. The van der Waals surface area contributed by atoms with Crippen molar-refractivity contribution in [1.29, 1.82) is 0 Å². The zero-order valence-electron chi connectivity index (χ0n) is 15.6. The van der Waals surface area contributed by atoms with Gasteiger partial charge in [0.2, 0.25) is 12.7 Å². The highest BCUT2D eigenvalue weighted by molar-refractivity contribution is 5.98. The van der Waals surface area contributed by atoms with Crippen molar-refractivity contribution in [1.82, 2.24) is 14.7 Å². The van der Waals surface area contributed by atoms with E-state index in [1.165, 1.54) is 0 Å². The van der Waals surface area contributed by atoms with Crippen LogP contribution in [0.4, 0.5) is 0 Å². The molecule has 3 fully saturated rings. The Balaban J connectivity index is 1.30. The quantitative estimate of drug-likeness (QED) is 0.777. The van der Waals surface area contributed by atoms with Gasteiger partial charge in [-0.15, -0.1) is 0 Å². The Labute approximate surface area is 158 Å². The Bertz CT molecular complexity index is 768. The van der Waals surface area contributed by atoms with Crippen LogP contribution in [-0.2, 0) is 4.79 Å². The van der Waals surface area contributed by atoms with Crippen LogP contribution < -0.4 is 9.47 Å². The molecular weight excluding hydrogens is 346 g/mol. The van der Waals surface area contributed by atoms with E-state index in [0.717, 1.165) is 39.0 Å². The van der Waals surface area contributed by atoms with Gasteiger partial charge in [0.1, 0.15) is 6.04 Å². The van der Waals surface area contributed by atoms with E-state index in [4.69, 9.17) is 9.47 Å². The normalized spacial score (nSPS) is 29.4. The second kappa shape index (κ2) is 6.41. The number of fused-ring (bicyclic) bond motifs is 2. The number of nitrogens with zero attached hydrogens (tertiary/aromatic N) is 3. The van der Waals surface area contributed by atoms with E-state index in [9.17, 15) is 9.59 Å². The Morgan fingerprint density at radius 1 is 1.04 bits per heavy atom. The molecule has 27 heavy (non-hydrogen) atoms. The van der Waals surface area contributed by atoms with Crippen LogP contribution in [0.1, 0.15) is 23.2 Å². The van der Waals surface area contributed by atoms with E-state index in [1.54, 1.807) is 23.1 Å². The summed E-state index contributed by atoms with van der Waals surface area (Å²) in [5, 5.41) is 0. The molecule has 4 heterocycles. The van der Waals surface area contributed by atoms with E-state index < -0.39 is 0 Å². The van der Waals surface area contributed by atoms with Gasteiger partial charge in [0.15, 0.2) is 11.5 Å². The van der Waals surface area contributed by atoms with Crippen LogP contribution in [0.3, 0.4) is 0 Å². The summed E-state index contributed by atoms with van der Waals surface area (Å²) < 4.78 is 10.7. The first-order valence-corrected chi connectivity index (χ1v) is 9.78. The molecule has 1 unspecified atom stereocenters. The van der Waals surface area contributed by atoms with Crippen molar-refractivity contribution in [2.45, 2.75) is 18.9 Å². The zero-order chi connectivity index (χ0) is 18.5. The van der Waals surface area contributed by atoms with Crippen molar-refractivity contribution in [3.8, 4) is 11.5 Å². The number of benzene rings is 1. The van der Waals surface area contributed by atoms with Gasteiger partial charge in [-0.1, -0.05) is 0 Å². The molecule has 0 bridgehead atoms. The zero-order valence-corrected chi connectivity index (χ0v) is 15.6. The van der Waals surface area contributed by atoms with E-state index in [2.05, 4.69) is 11.9 Å². The van der Waals surface area contributed by atoms with Crippen molar-refractivity contribution in [2.24, 2.45) is 11.8 Å². The molecule has 1 aromatic carbocycles. The Hall–Kier alpha value is -2.28. The summed E-state index contributed by atoms with van der Waals surface area (Å²) in [5.74, 6) is 2.45. The maximum atomic E-state index is 13.2. The largest absolute Gasteiger partial charge is 0.454 e. The summed E-state index contributed by atoms with van der Waals surface area (Å²) in [4.78, 5) is 32.3. The second-order valence-corrected chi connectivity index (χ2v) is 8.21. The highest BCUT2D eigenvalue weighted by Crippen LogP contribution is 2.35. The van der Waals surface area contributed by atoms with Crippen LogP contribution in [0.15, 0.2) is 18.2 Å². The van der Waals surface area contributed by atoms with Crippen molar-refractivity contribution in [3.63, 3.8) is 0 Å². The minimum atomic E-state index is -0.334. The van der Waals surface area contributed by atoms with Gasteiger partial charge in [-0.05, 0) is 49.9 Å². The summed E-state index contributed by atoms with van der Waals surface area (Å²) in [6, 6.07) is 4.91. The standard InChI is InChI=1S/C20H25N3O4/c1-21-8-14-10-22(11-15(14)9-21)20(25)16-3-2-6-23(16)19(24)13-4-5-17-18(7-13)27-12-26-17/h4-5,7,14-16H,2-3,6,8-12H2,1H3/t14-,15+,16?. The molecule has 0 aliphatic carbocycles. The Morgan fingerprint density at radius 2 is 1.78 bits per heavy atom. The minimum Gasteiger partial charge on any atom is -0.454 e. The molecular formula is C20H25N3O4. The highest BCUT2D eigenvalue weighted by Gasteiger charge is 2.44. The lowest BCUT2D eigenvalue weighted by Crippen LogP contribution is -2.47. The molecule has 4 aliphatic rings. The summed E-state index contributed by atoms with van der Waals surface area (Å²) in [7, 11) is 2.15. The molecule has 3 saturated heterocycles. The molecule has 144 valence electrons. The molecule has 2 amide bonds. The molecule has 3 atom stereocenters. The first-order chi connectivity index (χ1) is 13.1. The van der Waals surface area contributed by atoms with Gasteiger partial charge in [-0.3, -0.25) is 9.59 Å². The molecule has 1 aromatic rings. The fourth-order valence-corrected chi connectivity index (χ4v) is 5.08. The summed E-state index contributed by atoms with van der Waals surface area (Å²) in [6.07, 6.45) is 1.62. The molecule has 7 heteroatoms. The van der Waals surface area contributed by atoms with E-state index in [1.807, 2.05) is 4.90 Å². The second-order valence-electron chi connectivity index (χ2n) is 8.21. The first kappa shape index (κ1) is 16.9. The number of hydrogen-bond donors (Lipinski definition) is 0. The molecule has 5 rings (SSSR count). The maximum absolute atomic E-state index is 13.2. The van der Waals surface area contributed by atoms with Crippen LogP contribution in [-0.4, -0.2) is 79.1 Å². The number of rotatable bonds is 2. The fourth-order valence-electron chi connectivity index (χ4n) is 5.08. The van der Waals surface area contributed by atoms with E-state index in [0.29, 0.717) is 35.4 Å². The lowest BCUT2D eigenvalue weighted by molar-refractivity contribution is -0.134. The predicted octanol–water partition coefficient (Wildman–Crippen LogP) is 1.04. The first-order valence-electron chi connectivity index (χ1n) is 9.78. The molecule has 7 nitrogen and oxygen atoms in total. The van der Waals surface area contributed by atoms with Crippen molar-refractivity contribution >= 4 is 11.8 Å². The van der Waals surface area contributed by atoms with Gasteiger partial charge in [-0.25, -0.2) is 0 Å². The van der Waals surface area contributed by atoms with Gasteiger partial charge in [0.25, 0.3) is 5.91 Å². The Kier molecular flexibility index (Phi) is 4.00. The van der Waals surface area contributed by atoms with Gasteiger partial charge >= 0.3 is 0 Å². The number of carbonyl (C=O) groups excluding carboxylic acids is 2. The lowest BCUT2D eigenvalue weighted by atomic mass is 10.0. The lowest BCUT2D eigenvalue weighted by Gasteiger charge is -2.29. The summed E-state index contributed by atoms with van der Waals surface area (Å²) in [6.45, 7) is 4.61. The monoisotopic (exact) mass is 371 g/mol. The van der Waals surface area contributed by atoms with Crippen molar-refractivity contribution < 1.29 is 19.1 Å². The average Bonchev–Trinajstić information content (AvgIpc) is 3.42. The van der Waals surface area contributed by atoms with Gasteiger partial charge in [-0.2, -0.15) is 0 Å². The molecule has 0 aromatic heterocycles. The number of ether oxygens (including phenoxy) is 2. The van der Waals surface area contributed by atoms with Crippen LogP contribution in [0.2, 0.25) is 0 Å². The summed E-state index contributed by atoms with van der Waals surface area (Å²) >= 11 is 0.